The quantitative estimate of drug-likeness (QED) is 0.151. The summed E-state index contributed by atoms with van der Waals surface area (Å²) < 4.78 is 2.51. The maximum atomic E-state index is 2.51. The topological polar surface area (TPSA) is 8.17 Å². The van der Waals surface area contributed by atoms with Crippen LogP contribution in [0.4, 0.5) is 17.1 Å². The number of hydrogen-bond acceptors (Lipinski definition) is 1. The summed E-state index contributed by atoms with van der Waals surface area (Å²) >= 11 is 0. The predicted octanol–water partition coefficient (Wildman–Crippen LogP) is 15.2. The van der Waals surface area contributed by atoms with Gasteiger partial charge in [0.25, 0.3) is 0 Å². The van der Waals surface area contributed by atoms with Crippen molar-refractivity contribution in [3.05, 3.63) is 230 Å². The summed E-state index contributed by atoms with van der Waals surface area (Å²) in [5, 5.41) is 2.40. The molecule has 0 aliphatic rings. The van der Waals surface area contributed by atoms with E-state index in [9.17, 15) is 0 Å². The van der Waals surface area contributed by atoms with Crippen molar-refractivity contribution in [2.24, 2.45) is 0 Å². The standard InChI is InChI=1S/C55H40N2/c1-39-17-11-12-24-47(39)49-27-15-26-48(44-22-9-4-10-23-44)55(49)57-51-28-14-13-25-50(51)54-52(29-16-30-53(54)57)56(45-35-31-42(32-36-45)40-18-5-2-6-19-40)46-37-33-43(34-38-46)41-20-7-3-8-21-41/h2-38H,1H3. The molecule has 10 aromatic rings. The summed E-state index contributed by atoms with van der Waals surface area (Å²) in [7, 11) is 0. The Balaban J connectivity index is 1.24. The van der Waals surface area contributed by atoms with Crippen LogP contribution in [-0.4, -0.2) is 4.57 Å². The highest BCUT2D eigenvalue weighted by molar-refractivity contribution is 6.17. The Morgan fingerprint density at radius 1 is 0.333 bits per heavy atom. The molecule has 9 aromatic carbocycles. The van der Waals surface area contributed by atoms with Gasteiger partial charge in [-0.25, -0.2) is 0 Å². The zero-order valence-corrected chi connectivity index (χ0v) is 31.8. The highest BCUT2D eigenvalue weighted by atomic mass is 15.1. The van der Waals surface area contributed by atoms with Gasteiger partial charge in [0.1, 0.15) is 0 Å². The molecule has 2 nitrogen and oxygen atoms in total. The van der Waals surface area contributed by atoms with Crippen molar-refractivity contribution in [2.75, 3.05) is 4.90 Å². The van der Waals surface area contributed by atoms with Crippen LogP contribution in [0.1, 0.15) is 5.56 Å². The second-order valence-electron chi connectivity index (χ2n) is 14.6. The minimum absolute atomic E-state index is 1.09. The summed E-state index contributed by atoms with van der Waals surface area (Å²) in [5.41, 5.74) is 17.6. The van der Waals surface area contributed by atoms with Gasteiger partial charge in [0, 0.05) is 33.3 Å². The van der Waals surface area contributed by atoms with Gasteiger partial charge in [-0.1, -0.05) is 182 Å². The fourth-order valence-corrected chi connectivity index (χ4v) is 8.45. The summed E-state index contributed by atoms with van der Waals surface area (Å²) in [6.07, 6.45) is 0. The van der Waals surface area contributed by atoms with Crippen molar-refractivity contribution in [2.45, 2.75) is 6.92 Å². The molecule has 1 heterocycles. The SMILES string of the molecule is Cc1ccccc1-c1cccc(-c2ccccc2)c1-n1c2ccccc2c2c(N(c3ccc(-c4ccccc4)cc3)c3ccc(-c4ccccc4)cc3)cccc21. The van der Waals surface area contributed by atoms with Crippen molar-refractivity contribution in [3.63, 3.8) is 0 Å². The van der Waals surface area contributed by atoms with Gasteiger partial charge >= 0.3 is 0 Å². The lowest BCUT2D eigenvalue weighted by Gasteiger charge is -2.27. The molecule has 0 amide bonds. The van der Waals surface area contributed by atoms with Crippen LogP contribution in [0.15, 0.2) is 224 Å². The van der Waals surface area contributed by atoms with E-state index in [1.165, 1.54) is 66.5 Å². The smallest absolute Gasteiger partial charge is 0.0619 e. The van der Waals surface area contributed by atoms with Crippen LogP contribution in [0.2, 0.25) is 0 Å². The van der Waals surface area contributed by atoms with Crippen molar-refractivity contribution in [1.29, 1.82) is 0 Å². The molecule has 57 heavy (non-hydrogen) atoms. The average Bonchev–Trinajstić information content (AvgIpc) is 3.62. The number of aromatic nitrogens is 1. The maximum absolute atomic E-state index is 2.51. The molecule has 2 heteroatoms. The van der Waals surface area contributed by atoms with E-state index >= 15 is 0 Å². The first kappa shape index (κ1) is 34.1. The number of nitrogens with zero attached hydrogens (tertiary/aromatic N) is 2. The predicted molar refractivity (Wildman–Crippen MR) is 242 cm³/mol. The number of aryl methyl sites for hydroxylation is 1. The first-order valence-corrected chi connectivity index (χ1v) is 19.6. The third-order valence-electron chi connectivity index (χ3n) is 11.2. The molecular formula is C55H40N2. The lowest BCUT2D eigenvalue weighted by molar-refractivity contribution is 1.18. The summed E-state index contributed by atoms with van der Waals surface area (Å²) in [4.78, 5) is 2.42. The van der Waals surface area contributed by atoms with Crippen LogP contribution in [0.3, 0.4) is 0 Å². The molecule has 0 saturated carbocycles. The molecule has 0 bridgehead atoms. The second kappa shape index (κ2) is 14.7. The largest absolute Gasteiger partial charge is 0.310 e. The molecule has 10 rings (SSSR count). The average molecular weight is 729 g/mol. The highest BCUT2D eigenvalue weighted by Crippen LogP contribution is 2.47. The molecule has 1 aromatic heterocycles. The number of anilines is 3. The third kappa shape index (κ3) is 6.18. The van der Waals surface area contributed by atoms with E-state index in [0.29, 0.717) is 0 Å². The zero-order chi connectivity index (χ0) is 38.1. The minimum atomic E-state index is 1.09. The molecule has 0 atom stereocenters. The Kier molecular flexibility index (Phi) is 8.78. The maximum Gasteiger partial charge on any atom is 0.0619 e. The molecule has 0 radical (unpaired) electrons. The van der Waals surface area contributed by atoms with Gasteiger partial charge in [-0.2, -0.15) is 0 Å². The molecule has 270 valence electrons. The Bertz CT molecular complexity index is 2900. The molecule has 0 N–H and O–H groups in total. The minimum Gasteiger partial charge on any atom is -0.310 e. The van der Waals surface area contributed by atoms with E-state index in [1.54, 1.807) is 0 Å². The van der Waals surface area contributed by atoms with Gasteiger partial charge in [-0.15, -0.1) is 0 Å². The van der Waals surface area contributed by atoms with E-state index in [1.807, 2.05) is 0 Å². The molecule has 0 saturated heterocycles. The number of para-hydroxylation sites is 2. The summed E-state index contributed by atoms with van der Waals surface area (Å²) in [5.74, 6) is 0. The number of fused-ring (bicyclic) bond motifs is 3. The second-order valence-corrected chi connectivity index (χ2v) is 14.6. The normalized spacial score (nSPS) is 11.2. The number of hydrogen-bond donors (Lipinski definition) is 0. The van der Waals surface area contributed by atoms with Crippen molar-refractivity contribution >= 4 is 38.9 Å². The lowest BCUT2D eigenvalue weighted by Crippen LogP contribution is -2.10. The highest BCUT2D eigenvalue weighted by Gasteiger charge is 2.24. The zero-order valence-electron chi connectivity index (χ0n) is 31.8. The van der Waals surface area contributed by atoms with Crippen molar-refractivity contribution in [3.8, 4) is 50.2 Å². The molecular weight excluding hydrogens is 689 g/mol. The molecule has 0 spiro atoms. The Morgan fingerprint density at radius 2 is 0.789 bits per heavy atom. The van der Waals surface area contributed by atoms with E-state index in [4.69, 9.17) is 0 Å². The van der Waals surface area contributed by atoms with Crippen molar-refractivity contribution in [1.82, 2.24) is 4.57 Å². The Labute approximate surface area is 334 Å². The van der Waals surface area contributed by atoms with Gasteiger partial charge in [-0.3, -0.25) is 0 Å². The van der Waals surface area contributed by atoms with E-state index in [2.05, 4.69) is 241 Å². The third-order valence-corrected chi connectivity index (χ3v) is 11.2. The summed E-state index contributed by atoms with van der Waals surface area (Å²) in [6, 6.07) is 81.2. The van der Waals surface area contributed by atoms with Gasteiger partial charge in [0.05, 0.1) is 22.4 Å². The first-order valence-electron chi connectivity index (χ1n) is 19.6. The molecule has 0 unspecified atom stereocenters. The van der Waals surface area contributed by atoms with Gasteiger partial charge in [0.2, 0.25) is 0 Å². The van der Waals surface area contributed by atoms with Crippen LogP contribution in [0.5, 0.6) is 0 Å². The number of rotatable bonds is 8. The van der Waals surface area contributed by atoms with Gasteiger partial charge in [-0.05, 0) is 88.3 Å². The fraction of sp³-hybridized carbons (Fsp3) is 0.0182. The monoisotopic (exact) mass is 728 g/mol. The van der Waals surface area contributed by atoms with E-state index in [0.717, 1.165) is 28.1 Å². The Morgan fingerprint density at radius 3 is 1.40 bits per heavy atom. The van der Waals surface area contributed by atoms with Crippen LogP contribution in [-0.2, 0) is 0 Å². The van der Waals surface area contributed by atoms with E-state index < -0.39 is 0 Å². The van der Waals surface area contributed by atoms with Gasteiger partial charge < -0.3 is 9.47 Å². The number of benzene rings is 9. The van der Waals surface area contributed by atoms with Crippen LogP contribution < -0.4 is 4.90 Å². The summed E-state index contributed by atoms with van der Waals surface area (Å²) in [6.45, 7) is 2.21. The molecule has 0 aliphatic carbocycles. The van der Waals surface area contributed by atoms with E-state index in [-0.39, 0.29) is 0 Å². The van der Waals surface area contributed by atoms with Gasteiger partial charge in [0.15, 0.2) is 0 Å². The lowest BCUT2D eigenvalue weighted by atomic mass is 9.93. The van der Waals surface area contributed by atoms with Crippen LogP contribution in [0.25, 0.3) is 72.0 Å². The molecule has 0 aliphatic heterocycles. The first-order chi connectivity index (χ1) is 28.2. The van der Waals surface area contributed by atoms with Crippen molar-refractivity contribution < 1.29 is 0 Å². The molecule has 0 fully saturated rings. The Hall–Kier alpha value is -7.42. The fourth-order valence-electron chi connectivity index (χ4n) is 8.45. The van der Waals surface area contributed by atoms with Crippen LogP contribution >= 0.6 is 0 Å². The van der Waals surface area contributed by atoms with Crippen LogP contribution in [0, 0.1) is 6.92 Å².